The van der Waals surface area contributed by atoms with Gasteiger partial charge in [-0.1, -0.05) is 18.2 Å². The standard InChI is InChI=1S/C17H26N2O6S/c1-12(16(21)24-5)18-15(20)14(11-25-17(2,3)4)19-26(22,23)13-9-7-6-8-10-13/h6-10,12,14,19H,11H2,1-5H3,(H,18,20)/t12-,14+/m0/s1. The van der Waals surface area contributed by atoms with Gasteiger partial charge in [0, 0.05) is 0 Å². The molecule has 1 rings (SSSR count). The Hall–Kier alpha value is -1.97. The van der Waals surface area contributed by atoms with Gasteiger partial charge >= 0.3 is 5.97 Å². The maximum Gasteiger partial charge on any atom is 0.328 e. The third-order valence-corrected chi connectivity index (χ3v) is 4.75. The first-order chi connectivity index (χ1) is 12.0. The monoisotopic (exact) mass is 386 g/mol. The molecule has 0 aliphatic heterocycles. The summed E-state index contributed by atoms with van der Waals surface area (Å²) in [7, 11) is -2.74. The lowest BCUT2D eigenvalue weighted by atomic mass is 10.2. The van der Waals surface area contributed by atoms with Crippen molar-refractivity contribution in [1.29, 1.82) is 0 Å². The second kappa shape index (κ2) is 9.11. The SMILES string of the molecule is COC(=O)[C@H](C)NC(=O)[C@@H](COC(C)(C)C)NS(=O)(=O)c1ccccc1. The largest absolute Gasteiger partial charge is 0.467 e. The van der Waals surface area contributed by atoms with Crippen molar-refractivity contribution in [3.63, 3.8) is 0 Å². The van der Waals surface area contributed by atoms with Crippen LogP contribution in [0, 0.1) is 0 Å². The normalized spacial score (nSPS) is 14.3. The Bertz CT molecular complexity index is 713. The minimum Gasteiger partial charge on any atom is -0.467 e. The van der Waals surface area contributed by atoms with Gasteiger partial charge in [-0.2, -0.15) is 4.72 Å². The minimum atomic E-state index is -3.94. The Labute approximate surface area is 154 Å². The van der Waals surface area contributed by atoms with Crippen LogP contribution in [0.5, 0.6) is 0 Å². The number of methoxy groups -OCH3 is 1. The fraction of sp³-hybridized carbons (Fsp3) is 0.529. The summed E-state index contributed by atoms with van der Waals surface area (Å²) in [5.74, 6) is -1.33. The Kier molecular flexibility index (Phi) is 7.73. The van der Waals surface area contributed by atoms with Crippen LogP contribution in [-0.4, -0.2) is 51.7 Å². The number of carbonyl (C=O) groups excluding carboxylic acids is 2. The molecule has 2 atom stereocenters. The highest BCUT2D eigenvalue weighted by Crippen LogP contribution is 2.11. The highest BCUT2D eigenvalue weighted by molar-refractivity contribution is 7.89. The number of ether oxygens (including phenoxy) is 2. The number of amides is 1. The molecule has 0 saturated carbocycles. The second-order valence-electron chi connectivity index (χ2n) is 6.66. The molecule has 146 valence electrons. The fourth-order valence-electron chi connectivity index (χ4n) is 1.90. The zero-order chi connectivity index (χ0) is 20.0. The van der Waals surface area contributed by atoms with Crippen LogP contribution in [0.2, 0.25) is 0 Å². The van der Waals surface area contributed by atoms with Crippen molar-refractivity contribution in [3.8, 4) is 0 Å². The third-order valence-electron chi connectivity index (χ3n) is 3.26. The van der Waals surface area contributed by atoms with Crippen LogP contribution in [0.3, 0.4) is 0 Å². The molecule has 8 nitrogen and oxygen atoms in total. The summed E-state index contributed by atoms with van der Waals surface area (Å²) in [6, 6.07) is 5.53. The molecular weight excluding hydrogens is 360 g/mol. The first-order valence-electron chi connectivity index (χ1n) is 8.06. The van der Waals surface area contributed by atoms with E-state index in [1.807, 2.05) is 0 Å². The number of rotatable bonds is 8. The summed E-state index contributed by atoms with van der Waals surface area (Å²) >= 11 is 0. The lowest BCUT2D eigenvalue weighted by Gasteiger charge is -2.25. The molecule has 0 fully saturated rings. The van der Waals surface area contributed by atoms with Gasteiger partial charge in [-0.25, -0.2) is 13.2 Å². The lowest BCUT2D eigenvalue weighted by molar-refractivity contribution is -0.145. The first kappa shape index (κ1) is 22.1. The van der Waals surface area contributed by atoms with E-state index in [9.17, 15) is 18.0 Å². The maximum atomic E-state index is 12.5. The molecule has 0 spiro atoms. The van der Waals surface area contributed by atoms with Crippen LogP contribution in [0.4, 0.5) is 0 Å². The number of nitrogens with one attached hydrogen (secondary N) is 2. The maximum absolute atomic E-state index is 12.5. The van der Waals surface area contributed by atoms with Crippen molar-refractivity contribution in [2.75, 3.05) is 13.7 Å². The van der Waals surface area contributed by atoms with Crippen molar-refractivity contribution in [3.05, 3.63) is 30.3 Å². The van der Waals surface area contributed by atoms with E-state index in [0.717, 1.165) is 0 Å². The summed E-state index contributed by atoms with van der Waals surface area (Å²) in [5, 5.41) is 2.42. The van der Waals surface area contributed by atoms with E-state index in [0.29, 0.717) is 0 Å². The van der Waals surface area contributed by atoms with Crippen molar-refractivity contribution in [1.82, 2.24) is 10.0 Å². The lowest BCUT2D eigenvalue weighted by Crippen LogP contribution is -2.53. The molecule has 1 amide bonds. The van der Waals surface area contributed by atoms with Gasteiger partial charge in [-0.3, -0.25) is 4.79 Å². The second-order valence-corrected chi connectivity index (χ2v) is 8.38. The predicted octanol–water partition coefficient (Wildman–Crippen LogP) is 0.826. The molecule has 0 heterocycles. The van der Waals surface area contributed by atoms with Crippen LogP contribution in [-0.2, 0) is 29.1 Å². The summed E-state index contributed by atoms with van der Waals surface area (Å²) < 4.78 is 37.5. The van der Waals surface area contributed by atoms with Gasteiger partial charge in [-0.05, 0) is 39.8 Å². The van der Waals surface area contributed by atoms with E-state index in [-0.39, 0.29) is 11.5 Å². The molecule has 9 heteroatoms. The highest BCUT2D eigenvalue weighted by Gasteiger charge is 2.29. The van der Waals surface area contributed by atoms with Crippen molar-refractivity contribution in [2.45, 2.75) is 50.3 Å². The average Bonchev–Trinajstić information content (AvgIpc) is 2.57. The molecule has 1 aromatic carbocycles. The van der Waals surface area contributed by atoms with Gasteiger partial charge in [-0.15, -0.1) is 0 Å². The van der Waals surface area contributed by atoms with Crippen molar-refractivity contribution in [2.24, 2.45) is 0 Å². The molecule has 0 radical (unpaired) electrons. The number of carbonyl (C=O) groups is 2. The molecule has 2 N–H and O–H groups in total. The van der Waals surface area contributed by atoms with Gasteiger partial charge in [0.05, 0.1) is 24.2 Å². The Morgan fingerprint density at radius 1 is 1.15 bits per heavy atom. The highest BCUT2D eigenvalue weighted by atomic mass is 32.2. The Morgan fingerprint density at radius 3 is 2.23 bits per heavy atom. The molecular formula is C17H26N2O6S. The van der Waals surface area contributed by atoms with E-state index >= 15 is 0 Å². The van der Waals surface area contributed by atoms with E-state index in [4.69, 9.17) is 4.74 Å². The summed E-state index contributed by atoms with van der Waals surface area (Å²) in [4.78, 5) is 24.0. The van der Waals surface area contributed by atoms with Gasteiger partial charge in [0.25, 0.3) is 0 Å². The molecule has 0 bridgehead atoms. The zero-order valence-electron chi connectivity index (χ0n) is 15.6. The molecule has 0 aliphatic rings. The van der Waals surface area contributed by atoms with Gasteiger partial charge in [0.1, 0.15) is 12.1 Å². The molecule has 0 unspecified atom stereocenters. The average molecular weight is 386 g/mol. The van der Waals surface area contributed by atoms with Crippen LogP contribution < -0.4 is 10.0 Å². The van der Waals surface area contributed by atoms with Crippen LogP contribution in [0.15, 0.2) is 35.2 Å². The van der Waals surface area contributed by atoms with Crippen molar-refractivity contribution < 1.29 is 27.5 Å². The van der Waals surface area contributed by atoms with Crippen LogP contribution in [0.25, 0.3) is 0 Å². The summed E-state index contributed by atoms with van der Waals surface area (Å²) in [5.41, 5.74) is -0.579. The quantitative estimate of drug-likeness (QED) is 0.640. The van der Waals surface area contributed by atoms with Gasteiger partial charge < -0.3 is 14.8 Å². The predicted molar refractivity (Wildman–Crippen MR) is 95.9 cm³/mol. The van der Waals surface area contributed by atoms with E-state index in [1.165, 1.54) is 26.2 Å². The number of hydrogen-bond acceptors (Lipinski definition) is 6. The topological polar surface area (TPSA) is 111 Å². The van der Waals surface area contributed by atoms with Gasteiger partial charge in [0.2, 0.25) is 15.9 Å². The van der Waals surface area contributed by atoms with Crippen molar-refractivity contribution >= 4 is 21.9 Å². The molecule has 0 saturated heterocycles. The summed E-state index contributed by atoms with van der Waals surface area (Å²) in [6.45, 7) is 6.59. The Morgan fingerprint density at radius 2 is 1.73 bits per heavy atom. The molecule has 0 aromatic heterocycles. The molecule has 26 heavy (non-hydrogen) atoms. The number of benzene rings is 1. The van der Waals surface area contributed by atoms with Crippen LogP contribution in [0.1, 0.15) is 27.7 Å². The molecule has 0 aliphatic carbocycles. The zero-order valence-corrected chi connectivity index (χ0v) is 16.4. The van der Waals surface area contributed by atoms with E-state index in [1.54, 1.807) is 39.0 Å². The molecule has 1 aromatic rings. The Balaban J connectivity index is 2.97. The van der Waals surface area contributed by atoms with Gasteiger partial charge in [0.15, 0.2) is 0 Å². The van der Waals surface area contributed by atoms with E-state index in [2.05, 4.69) is 14.8 Å². The number of sulfonamides is 1. The van der Waals surface area contributed by atoms with E-state index < -0.39 is 39.6 Å². The third kappa shape index (κ3) is 7.11. The first-order valence-corrected chi connectivity index (χ1v) is 9.54. The summed E-state index contributed by atoms with van der Waals surface area (Å²) in [6.07, 6.45) is 0. The number of hydrogen-bond donors (Lipinski definition) is 2. The van der Waals surface area contributed by atoms with Crippen LogP contribution >= 0.6 is 0 Å². The minimum absolute atomic E-state index is 0.0228. The smallest absolute Gasteiger partial charge is 0.328 e. The fourth-order valence-corrected chi connectivity index (χ4v) is 3.10. The number of esters is 1.